The Balaban J connectivity index is 5.13. The molecule has 0 aromatic heterocycles. The molecule has 0 fully saturated rings. The highest BCUT2D eigenvalue weighted by molar-refractivity contribution is 7.98. The van der Waals surface area contributed by atoms with Crippen molar-refractivity contribution < 1.29 is 34.2 Å². The number of aliphatic hydroxyl groups is 1. The summed E-state index contributed by atoms with van der Waals surface area (Å²) in [6.45, 7) is 1.22. The van der Waals surface area contributed by atoms with Crippen LogP contribution in [0.2, 0.25) is 0 Å². The van der Waals surface area contributed by atoms with Crippen LogP contribution >= 0.6 is 24.4 Å². The second kappa shape index (κ2) is 14.9. The van der Waals surface area contributed by atoms with Crippen molar-refractivity contribution in [3.8, 4) is 0 Å². The number of aliphatic hydroxyl groups excluding tert-OH is 1. The zero-order chi connectivity index (χ0) is 24.1. The number of amides is 4. The summed E-state index contributed by atoms with van der Waals surface area (Å²) in [5, 5.41) is 25.9. The minimum atomic E-state index is -1.52. The molecule has 4 amide bonds. The van der Waals surface area contributed by atoms with Crippen molar-refractivity contribution in [1.29, 1.82) is 0 Å². The van der Waals surface area contributed by atoms with E-state index in [-0.39, 0.29) is 18.6 Å². The van der Waals surface area contributed by atoms with Gasteiger partial charge >= 0.3 is 5.97 Å². The number of hydrogen-bond donors (Lipinski definition) is 8. The van der Waals surface area contributed by atoms with Gasteiger partial charge in [-0.1, -0.05) is 0 Å². The Labute approximate surface area is 190 Å². The number of carboxylic acid groups (broad SMARTS) is 1. The predicted molar refractivity (Wildman–Crippen MR) is 118 cm³/mol. The van der Waals surface area contributed by atoms with Gasteiger partial charge in [0.25, 0.3) is 0 Å². The van der Waals surface area contributed by atoms with Gasteiger partial charge in [-0.25, -0.2) is 4.79 Å². The molecule has 0 saturated heterocycles. The van der Waals surface area contributed by atoms with Gasteiger partial charge in [0, 0.05) is 12.2 Å². The minimum absolute atomic E-state index is 0.114. The van der Waals surface area contributed by atoms with E-state index in [1.807, 2.05) is 6.26 Å². The Kier molecular flexibility index (Phi) is 13.9. The highest BCUT2D eigenvalue weighted by Gasteiger charge is 2.32. The van der Waals surface area contributed by atoms with Crippen LogP contribution in [0.15, 0.2) is 0 Å². The Morgan fingerprint density at radius 3 is 2.03 bits per heavy atom. The Bertz CT molecular complexity index is 650. The fraction of sp³-hybridized carbons (Fsp3) is 0.706. The van der Waals surface area contributed by atoms with Gasteiger partial charge in [0.05, 0.1) is 12.1 Å². The lowest BCUT2D eigenvalue weighted by Crippen LogP contribution is -2.60. The monoisotopic (exact) mass is 481 g/mol. The third-order valence-corrected chi connectivity index (χ3v) is 5.15. The second-order valence-corrected chi connectivity index (χ2v) is 8.11. The van der Waals surface area contributed by atoms with Gasteiger partial charge in [-0.3, -0.25) is 19.2 Å². The second-order valence-electron chi connectivity index (χ2n) is 6.76. The largest absolute Gasteiger partial charge is 0.480 e. The molecular weight excluding hydrogens is 450 g/mol. The van der Waals surface area contributed by atoms with E-state index in [0.29, 0.717) is 12.2 Å². The van der Waals surface area contributed by atoms with Crippen molar-refractivity contribution in [2.24, 2.45) is 11.5 Å². The van der Waals surface area contributed by atoms with Crippen LogP contribution < -0.4 is 27.4 Å². The smallest absolute Gasteiger partial charge is 0.326 e. The lowest BCUT2D eigenvalue weighted by Gasteiger charge is -2.26. The molecule has 0 aromatic carbocycles. The standard InChI is InChI=1S/C17H31N5O7S2/c1-8(23)13(16(27)20-10(17(28)29)3-4-12(19)24)22-15(26)11(7-30)21-14(25)9(18)5-6-31-2/h8-11,13,23,30H,3-7,18H2,1-2H3,(H2,19,24)(H,20,27)(H,21,25)(H,22,26)(H,28,29). The molecule has 0 aromatic rings. The summed E-state index contributed by atoms with van der Waals surface area (Å²) in [5.41, 5.74) is 10.8. The van der Waals surface area contributed by atoms with E-state index in [2.05, 4.69) is 28.6 Å². The number of hydrogen-bond acceptors (Lipinski definition) is 9. The summed E-state index contributed by atoms with van der Waals surface area (Å²) in [7, 11) is 0. The summed E-state index contributed by atoms with van der Waals surface area (Å²) in [6, 6.07) is -4.95. The molecule has 5 atom stereocenters. The van der Waals surface area contributed by atoms with Crippen molar-refractivity contribution in [2.45, 2.75) is 56.5 Å². The third-order valence-electron chi connectivity index (χ3n) is 4.14. The molecule has 0 bridgehead atoms. The van der Waals surface area contributed by atoms with Crippen LogP contribution in [-0.2, 0) is 24.0 Å². The molecule has 0 spiro atoms. The van der Waals surface area contributed by atoms with E-state index >= 15 is 0 Å². The van der Waals surface area contributed by atoms with Crippen LogP contribution in [0.4, 0.5) is 0 Å². The van der Waals surface area contributed by atoms with Crippen molar-refractivity contribution in [1.82, 2.24) is 16.0 Å². The van der Waals surface area contributed by atoms with Crippen molar-refractivity contribution >= 4 is 54.0 Å². The van der Waals surface area contributed by atoms with E-state index in [9.17, 15) is 34.2 Å². The number of thiol groups is 1. The zero-order valence-electron chi connectivity index (χ0n) is 17.4. The van der Waals surface area contributed by atoms with Gasteiger partial charge in [-0.2, -0.15) is 24.4 Å². The Hall–Kier alpha value is -2.03. The maximum absolute atomic E-state index is 12.5. The predicted octanol–water partition coefficient (Wildman–Crippen LogP) is -2.82. The molecule has 5 unspecified atom stereocenters. The van der Waals surface area contributed by atoms with E-state index in [1.54, 1.807) is 0 Å². The molecule has 0 aliphatic heterocycles. The van der Waals surface area contributed by atoms with Gasteiger partial charge in [0.15, 0.2) is 0 Å². The van der Waals surface area contributed by atoms with Gasteiger partial charge in [0.1, 0.15) is 18.1 Å². The maximum atomic E-state index is 12.5. The molecule has 0 heterocycles. The Morgan fingerprint density at radius 2 is 1.58 bits per heavy atom. The first kappa shape index (κ1) is 29.0. The Morgan fingerprint density at radius 1 is 1.00 bits per heavy atom. The minimum Gasteiger partial charge on any atom is -0.480 e. The number of nitrogens with two attached hydrogens (primary N) is 2. The zero-order valence-corrected chi connectivity index (χ0v) is 19.1. The molecule has 178 valence electrons. The lowest BCUT2D eigenvalue weighted by molar-refractivity contribution is -0.143. The topological polar surface area (TPSA) is 214 Å². The highest BCUT2D eigenvalue weighted by Crippen LogP contribution is 2.03. The van der Waals surface area contributed by atoms with E-state index in [4.69, 9.17) is 11.5 Å². The summed E-state index contributed by atoms with van der Waals surface area (Å²) in [5.74, 6) is -3.99. The first-order valence-electron chi connectivity index (χ1n) is 9.40. The average molecular weight is 482 g/mol. The fourth-order valence-electron chi connectivity index (χ4n) is 2.31. The number of nitrogens with one attached hydrogen (secondary N) is 3. The number of carbonyl (C=O) groups excluding carboxylic acids is 4. The summed E-state index contributed by atoms with van der Waals surface area (Å²) < 4.78 is 0. The first-order chi connectivity index (χ1) is 14.4. The van der Waals surface area contributed by atoms with Crippen molar-refractivity contribution in [3.05, 3.63) is 0 Å². The molecule has 0 saturated carbocycles. The van der Waals surface area contributed by atoms with Gasteiger partial charge < -0.3 is 37.6 Å². The number of thioether (sulfide) groups is 1. The average Bonchev–Trinajstić information content (AvgIpc) is 2.69. The van der Waals surface area contributed by atoms with Gasteiger partial charge in [-0.15, -0.1) is 0 Å². The number of rotatable bonds is 15. The quantitative estimate of drug-likeness (QED) is 0.113. The van der Waals surface area contributed by atoms with E-state index in [0.717, 1.165) is 0 Å². The molecule has 0 radical (unpaired) electrons. The number of aliphatic carboxylic acids is 1. The molecule has 0 aliphatic carbocycles. The van der Waals surface area contributed by atoms with Gasteiger partial charge in [-0.05, 0) is 31.8 Å². The maximum Gasteiger partial charge on any atom is 0.326 e. The number of carboxylic acids is 1. The molecule has 0 aliphatic rings. The van der Waals surface area contributed by atoms with Crippen LogP contribution in [0.25, 0.3) is 0 Å². The molecule has 9 N–H and O–H groups in total. The van der Waals surface area contributed by atoms with Crippen LogP contribution in [-0.4, -0.2) is 87.8 Å². The number of primary amides is 1. The summed E-state index contributed by atoms with van der Waals surface area (Å²) >= 11 is 5.53. The summed E-state index contributed by atoms with van der Waals surface area (Å²) in [6.07, 6.45) is 0.315. The molecular formula is C17H31N5O7S2. The normalized spacial score (nSPS) is 15.6. The summed E-state index contributed by atoms with van der Waals surface area (Å²) in [4.78, 5) is 59.2. The first-order valence-corrected chi connectivity index (χ1v) is 11.4. The molecule has 0 rings (SSSR count). The molecule has 14 heteroatoms. The molecule has 31 heavy (non-hydrogen) atoms. The van der Waals surface area contributed by atoms with Crippen LogP contribution in [0, 0.1) is 0 Å². The highest BCUT2D eigenvalue weighted by atomic mass is 32.2. The van der Waals surface area contributed by atoms with Crippen molar-refractivity contribution in [2.75, 3.05) is 17.8 Å². The van der Waals surface area contributed by atoms with E-state index in [1.165, 1.54) is 18.7 Å². The number of carbonyl (C=O) groups is 5. The van der Waals surface area contributed by atoms with Gasteiger partial charge in [0.2, 0.25) is 23.6 Å². The third kappa shape index (κ3) is 11.2. The van der Waals surface area contributed by atoms with Crippen LogP contribution in [0.3, 0.4) is 0 Å². The SMILES string of the molecule is CSCCC(N)C(=O)NC(CS)C(=O)NC(C(=O)NC(CCC(N)=O)C(=O)O)C(C)O. The van der Waals surface area contributed by atoms with E-state index < -0.39 is 59.9 Å². The lowest BCUT2D eigenvalue weighted by atomic mass is 10.1. The van der Waals surface area contributed by atoms with Crippen molar-refractivity contribution in [3.63, 3.8) is 0 Å². The molecule has 12 nitrogen and oxygen atoms in total. The fourth-order valence-corrected chi connectivity index (χ4v) is 3.06. The van der Waals surface area contributed by atoms with Crippen LogP contribution in [0.1, 0.15) is 26.2 Å². The van der Waals surface area contributed by atoms with Crippen LogP contribution in [0.5, 0.6) is 0 Å².